The van der Waals surface area contributed by atoms with Gasteiger partial charge < -0.3 is 0 Å². The summed E-state index contributed by atoms with van der Waals surface area (Å²) in [7, 11) is 0. The fourth-order valence-corrected chi connectivity index (χ4v) is 3.74. The zero-order valence-corrected chi connectivity index (χ0v) is 11.4. The second-order valence-corrected chi connectivity index (χ2v) is 6.58. The molecule has 0 spiro atoms. The van der Waals surface area contributed by atoms with Crippen molar-refractivity contribution in [2.75, 3.05) is 26.2 Å². The number of nitrogens with zero attached hydrogens (tertiary/aromatic N) is 2. The molecule has 2 heterocycles. The first-order chi connectivity index (χ1) is 6.65. The lowest BCUT2D eigenvalue weighted by Gasteiger charge is -2.38. The zero-order chi connectivity index (χ0) is 10.1. The van der Waals surface area contributed by atoms with Gasteiger partial charge in [-0.25, -0.2) is 3.11 Å². The van der Waals surface area contributed by atoms with E-state index in [0.29, 0.717) is 0 Å². The Labute approximate surface area is 102 Å². The minimum absolute atomic E-state index is 0.845. The van der Waals surface area contributed by atoms with Crippen molar-refractivity contribution in [1.82, 2.24) is 8.01 Å². The highest BCUT2D eigenvalue weighted by Crippen LogP contribution is 2.26. The maximum atomic E-state index is 2.73. The molecular weight excluding hydrogens is 287 g/mol. The van der Waals surface area contributed by atoms with Gasteiger partial charge in [-0.05, 0) is 24.7 Å². The highest BCUT2D eigenvalue weighted by atomic mass is 127. The molecule has 0 aromatic heterocycles. The van der Waals surface area contributed by atoms with Crippen molar-refractivity contribution in [2.24, 2.45) is 11.8 Å². The van der Waals surface area contributed by atoms with Gasteiger partial charge in [-0.2, -0.15) is 0 Å². The zero-order valence-electron chi connectivity index (χ0n) is 9.25. The summed E-state index contributed by atoms with van der Waals surface area (Å²) in [5, 5.41) is 0. The van der Waals surface area contributed by atoms with E-state index >= 15 is 0 Å². The van der Waals surface area contributed by atoms with Crippen molar-refractivity contribution < 1.29 is 0 Å². The third kappa shape index (κ3) is 2.61. The molecule has 0 aromatic rings. The average molecular weight is 308 g/mol. The van der Waals surface area contributed by atoms with Gasteiger partial charge in [0, 0.05) is 55.1 Å². The summed E-state index contributed by atoms with van der Waals surface area (Å²) < 4.78 is 2.44. The minimum Gasteiger partial charge on any atom is -0.299 e. The number of rotatable bonds is 1. The molecule has 0 N–H and O–H groups in total. The third-order valence-electron chi connectivity index (χ3n) is 3.53. The summed E-state index contributed by atoms with van der Waals surface area (Å²) in [5.74, 6) is 1.81. The molecule has 2 aliphatic heterocycles. The topological polar surface area (TPSA) is 6.48 Å². The van der Waals surface area contributed by atoms with Crippen LogP contribution in [-0.2, 0) is 0 Å². The van der Waals surface area contributed by atoms with Crippen molar-refractivity contribution in [2.45, 2.75) is 32.7 Å². The van der Waals surface area contributed by atoms with Crippen LogP contribution in [0.5, 0.6) is 0 Å². The number of likely N-dealkylation sites (tertiary alicyclic amines) is 1. The van der Waals surface area contributed by atoms with Crippen molar-refractivity contribution in [1.29, 1.82) is 0 Å². The number of hydrogen-bond acceptors (Lipinski definition) is 2. The van der Waals surface area contributed by atoms with Crippen LogP contribution in [0.2, 0.25) is 0 Å². The Morgan fingerprint density at radius 1 is 1.07 bits per heavy atom. The van der Waals surface area contributed by atoms with E-state index in [-0.39, 0.29) is 0 Å². The van der Waals surface area contributed by atoms with Crippen LogP contribution in [0, 0.1) is 11.8 Å². The van der Waals surface area contributed by atoms with Gasteiger partial charge in [-0.1, -0.05) is 13.8 Å². The SMILES string of the molecule is CC1CC(C)CN(C2CCN(I)C2)C1. The van der Waals surface area contributed by atoms with Gasteiger partial charge in [0.15, 0.2) is 0 Å². The molecule has 82 valence electrons. The Morgan fingerprint density at radius 2 is 1.71 bits per heavy atom. The predicted octanol–water partition coefficient (Wildman–Crippen LogP) is 2.39. The lowest BCUT2D eigenvalue weighted by molar-refractivity contribution is 0.102. The third-order valence-corrected chi connectivity index (χ3v) is 4.40. The van der Waals surface area contributed by atoms with Crippen LogP contribution >= 0.6 is 22.9 Å². The molecule has 0 aromatic carbocycles. The van der Waals surface area contributed by atoms with Crippen LogP contribution < -0.4 is 0 Å². The standard InChI is InChI=1S/C11H21IN2/c1-9-5-10(2)7-13(6-9)11-3-4-14(12)8-11/h9-11H,3-8H2,1-2H3. The fraction of sp³-hybridized carbons (Fsp3) is 1.00. The van der Waals surface area contributed by atoms with E-state index in [0.717, 1.165) is 17.9 Å². The average Bonchev–Trinajstić information content (AvgIpc) is 2.50. The van der Waals surface area contributed by atoms with Gasteiger partial charge in [0.2, 0.25) is 0 Å². The summed E-state index contributed by atoms with van der Waals surface area (Å²) in [5.41, 5.74) is 0. The minimum atomic E-state index is 0.845. The molecule has 0 radical (unpaired) electrons. The maximum Gasteiger partial charge on any atom is 0.0244 e. The number of hydrogen-bond donors (Lipinski definition) is 0. The van der Waals surface area contributed by atoms with Crippen molar-refractivity contribution in [3.05, 3.63) is 0 Å². The first kappa shape index (κ1) is 11.1. The van der Waals surface area contributed by atoms with Crippen molar-refractivity contribution >= 4 is 22.9 Å². The largest absolute Gasteiger partial charge is 0.299 e. The molecule has 2 rings (SSSR count). The van der Waals surface area contributed by atoms with Gasteiger partial charge in [0.05, 0.1) is 0 Å². The molecule has 0 saturated carbocycles. The van der Waals surface area contributed by atoms with Crippen LogP contribution in [-0.4, -0.2) is 40.2 Å². The summed E-state index contributed by atoms with van der Waals surface area (Å²) in [6, 6.07) is 0.845. The van der Waals surface area contributed by atoms with E-state index in [1.807, 2.05) is 0 Å². The van der Waals surface area contributed by atoms with Gasteiger partial charge in [-0.15, -0.1) is 0 Å². The molecule has 14 heavy (non-hydrogen) atoms. The van der Waals surface area contributed by atoms with Crippen molar-refractivity contribution in [3.8, 4) is 0 Å². The molecule has 3 unspecified atom stereocenters. The summed E-state index contributed by atoms with van der Waals surface area (Å²) >= 11 is 2.46. The molecule has 2 nitrogen and oxygen atoms in total. The van der Waals surface area contributed by atoms with E-state index in [1.54, 1.807) is 0 Å². The van der Waals surface area contributed by atoms with Gasteiger partial charge in [-0.3, -0.25) is 4.90 Å². The summed E-state index contributed by atoms with van der Waals surface area (Å²) in [6.45, 7) is 10.0. The van der Waals surface area contributed by atoms with Crippen LogP contribution in [0.1, 0.15) is 26.7 Å². The monoisotopic (exact) mass is 308 g/mol. The van der Waals surface area contributed by atoms with Crippen LogP contribution in [0.15, 0.2) is 0 Å². The van der Waals surface area contributed by atoms with E-state index in [2.05, 4.69) is 44.7 Å². The lowest BCUT2D eigenvalue weighted by atomic mass is 9.91. The van der Waals surface area contributed by atoms with Gasteiger partial charge in [0.1, 0.15) is 0 Å². The van der Waals surface area contributed by atoms with Gasteiger partial charge >= 0.3 is 0 Å². The highest BCUT2D eigenvalue weighted by molar-refractivity contribution is 14.1. The lowest BCUT2D eigenvalue weighted by Crippen LogP contribution is -2.45. The second-order valence-electron chi connectivity index (χ2n) is 5.21. The molecule has 3 atom stereocenters. The number of piperidine rings is 1. The molecule has 2 saturated heterocycles. The Kier molecular flexibility index (Phi) is 3.71. The molecule has 2 fully saturated rings. The van der Waals surface area contributed by atoms with Crippen LogP contribution in [0.3, 0.4) is 0 Å². The molecule has 3 heteroatoms. The quantitative estimate of drug-likeness (QED) is 0.542. The maximum absolute atomic E-state index is 2.73. The second kappa shape index (κ2) is 4.66. The first-order valence-corrected chi connectivity index (χ1v) is 6.76. The first-order valence-electron chi connectivity index (χ1n) is 5.80. The van der Waals surface area contributed by atoms with E-state index in [9.17, 15) is 0 Å². The fourth-order valence-electron chi connectivity index (χ4n) is 3.01. The van der Waals surface area contributed by atoms with E-state index in [1.165, 1.54) is 39.0 Å². The van der Waals surface area contributed by atoms with Crippen LogP contribution in [0.4, 0.5) is 0 Å². The Balaban J connectivity index is 1.90. The van der Waals surface area contributed by atoms with E-state index in [4.69, 9.17) is 0 Å². The Hall–Kier alpha value is 0.650. The molecule has 0 bridgehead atoms. The predicted molar refractivity (Wildman–Crippen MR) is 68.5 cm³/mol. The van der Waals surface area contributed by atoms with E-state index < -0.39 is 0 Å². The van der Waals surface area contributed by atoms with Crippen LogP contribution in [0.25, 0.3) is 0 Å². The molecule has 0 amide bonds. The molecule has 2 aliphatic rings. The van der Waals surface area contributed by atoms with Gasteiger partial charge in [0.25, 0.3) is 0 Å². The summed E-state index contributed by atoms with van der Waals surface area (Å²) in [6.07, 6.45) is 2.81. The van der Waals surface area contributed by atoms with Crippen molar-refractivity contribution in [3.63, 3.8) is 0 Å². The Bertz CT molecular complexity index is 188. The number of halogens is 1. The normalized spacial score (nSPS) is 41.8. The Morgan fingerprint density at radius 3 is 2.21 bits per heavy atom. The smallest absolute Gasteiger partial charge is 0.0244 e. The summed E-state index contributed by atoms with van der Waals surface area (Å²) in [4.78, 5) is 2.73. The highest BCUT2D eigenvalue weighted by Gasteiger charge is 2.31. The molecule has 0 aliphatic carbocycles. The molecular formula is C11H21IN2.